The van der Waals surface area contributed by atoms with Gasteiger partial charge in [0.15, 0.2) is 5.82 Å². The van der Waals surface area contributed by atoms with Crippen molar-refractivity contribution < 1.29 is 9.32 Å². The Morgan fingerprint density at radius 3 is 3.14 bits per heavy atom. The molecule has 2 aromatic rings. The van der Waals surface area contributed by atoms with Crippen LogP contribution in [0.1, 0.15) is 30.7 Å². The van der Waals surface area contributed by atoms with E-state index < -0.39 is 0 Å². The van der Waals surface area contributed by atoms with E-state index in [4.69, 9.17) is 4.52 Å². The van der Waals surface area contributed by atoms with Gasteiger partial charge in [-0.25, -0.2) is 9.67 Å². The van der Waals surface area contributed by atoms with E-state index in [-0.39, 0.29) is 18.5 Å². The van der Waals surface area contributed by atoms with Gasteiger partial charge in [0.05, 0.1) is 18.8 Å². The molecule has 8 nitrogen and oxygen atoms in total. The Balaban J connectivity index is 1.49. The van der Waals surface area contributed by atoms with Crippen molar-refractivity contribution in [2.24, 2.45) is 0 Å². The number of amides is 1. The highest BCUT2D eigenvalue weighted by atomic mass is 16.5. The van der Waals surface area contributed by atoms with Crippen molar-refractivity contribution in [2.75, 3.05) is 11.9 Å². The smallest absolute Gasteiger partial charge is 0.240 e. The van der Waals surface area contributed by atoms with Crippen LogP contribution in [-0.4, -0.2) is 38.4 Å². The maximum atomic E-state index is 11.9. The second kappa shape index (κ2) is 6.27. The van der Waals surface area contributed by atoms with Gasteiger partial charge >= 0.3 is 0 Å². The first-order valence-corrected chi connectivity index (χ1v) is 7.53. The van der Waals surface area contributed by atoms with E-state index in [1.165, 1.54) is 0 Å². The molecule has 0 aromatic carbocycles. The number of nitrogens with zero attached hydrogens (tertiary/aromatic N) is 4. The molecule has 3 rings (SSSR count). The number of hydrogen-bond donors (Lipinski definition) is 2. The number of aryl methyl sites for hydroxylation is 3. The van der Waals surface area contributed by atoms with Gasteiger partial charge < -0.3 is 9.84 Å². The molecule has 1 atom stereocenters. The van der Waals surface area contributed by atoms with Crippen molar-refractivity contribution >= 4 is 11.8 Å². The molecule has 0 saturated carbocycles. The van der Waals surface area contributed by atoms with E-state index in [1.807, 2.05) is 11.6 Å². The normalized spacial score (nSPS) is 17.3. The van der Waals surface area contributed by atoms with Crippen LogP contribution in [0.15, 0.2) is 10.6 Å². The van der Waals surface area contributed by atoms with Crippen LogP contribution in [0.5, 0.6) is 0 Å². The number of anilines is 1. The van der Waals surface area contributed by atoms with Crippen LogP contribution in [0.4, 0.5) is 5.88 Å². The van der Waals surface area contributed by atoms with E-state index in [0.29, 0.717) is 5.88 Å². The second-order valence-electron chi connectivity index (χ2n) is 5.48. The Labute approximate surface area is 128 Å². The molecule has 0 fully saturated rings. The molecule has 1 aliphatic rings. The van der Waals surface area contributed by atoms with Crippen molar-refractivity contribution in [1.82, 2.24) is 25.2 Å². The summed E-state index contributed by atoms with van der Waals surface area (Å²) in [6, 6.07) is 1.91. The van der Waals surface area contributed by atoms with Crippen LogP contribution in [-0.2, 0) is 24.2 Å². The lowest BCUT2D eigenvalue weighted by molar-refractivity contribution is -0.115. The van der Waals surface area contributed by atoms with E-state index >= 15 is 0 Å². The quantitative estimate of drug-likeness (QED) is 0.843. The van der Waals surface area contributed by atoms with Gasteiger partial charge in [-0.2, -0.15) is 5.10 Å². The van der Waals surface area contributed by atoms with Crippen LogP contribution >= 0.6 is 0 Å². The van der Waals surface area contributed by atoms with Gasteiger partial charge in [0.25, 0.3) is 0 Å². The Hall–Kier alpha value is -2.22. The van der Waals surface area contributed by atoms with Crippen LogP contribution in [0, 0.1) is 6.92 Å². The monoisotopic (exact) mass is 304 g/mol. The summed E-state index contributed by atoms with van der Waals surface area (Å²) in [4.78, 5) is 16.3. The maximum Gasteiger partial charge on any atom is 0.240 e. The van der Waals surface area contributed by atoms with Gasteiger partial charge in [-0.3, -0.25) is 10.1 Å². The Morgan fingerprint density at radius 1 is 1.55 bits per heavy atom. The first-order chi connectivity index (χ1) is 10.6. The van der Waals surface area contributed by atoms with E-state index in [0.717, 1.165) is 43.1 Å². The Morgan fingerprint density at radius 2 is 2.41 bits per heavy atom. The fraction of sp³-hybridized carbons (Fsp3) is 0.571. The second-order valence-corrected chi connectivity index (χ2v) is 5.48. The summed E-state index contributed by atoms with van der Waals surface area (Å²) < 4.78 is 6.90. The largest absolute Gasteiger partial charge is 0.338 e. The molecule has 2 N–H and O–H groups in total. The van der Waals surface area contributed by atoms with E-state index in [1.54, 1.807) is 13.0 Å². The molecule has 8 heteroatoms. The molecule has 2 aromatic heterocycles. The molecule has 22 heavy (non-hydrogen) atoms. The van der Waals surface area contributed by atoms with Gasteiger partial charge in [0, 0.05) is 24.9 Å². The molecular weight excluding hydrogens is 284 g/mol. The maximum absolute atomic E-state index is 11.9. The van der Waals surface area contributed by atoms with Crippen LogP contribution in [0.2, 0.25) is 0 Å². The van der Waals surface area contributed by atoms with Crippen LogP contribution in [0.3, 0.4) is 0 Å². The third-order valence-corrected chi connectivity index (χ3v) is 3.66. The number of hydrogen-bond acceptors (Lipinski definition) is 6. The van der Waals surface area contributed by atoms with Gasteiger partial charge in [0.1, 0.15) is 5.82 Å². The molecule has 0 saturated heterocycles. The zero-order chi connectivity index (χ0) is 15.5. The number of fused-ring (bicyclic) bond motifs is 1. The molecule has 0 bridgehead atoms. The molecule has 118 valence electrons. The Kier molecular flexibility index (Phi) is 4.19. The SMILES string of the molecule is CCc1nc2n(n1)C[C@@H](NCC(=O)Nc1cc(C)no1)CC2. The molecule has 0 spiro atoms. The van der Waals surface area contributed by atoms with Crippen molar-refractivity contribution in [3.8, 4) is 0 Å². The molecule has 1 aliphatic heterocycles. The Bertz CT molecular complexity index is 662. The van der Waals surface area contributed by atoms with Gasteiger partial charge in [0.2, 0.25) is 11.8 Å². The summed E-state index contributed by atoms with van der Waals surface area (Å²) in [5.41, 5.74) is 0.737. The van der Waals surface area contributed by atoms with Crippen molar-refractivity contribution in [1.29, 1.82) is 0 Å². The van der Waals surface area contributed by atoms with E-state index in [9.17, 15) is 4.79 Å². The minimum atomic E-state index is -0.144. The third kappa shape index (κ3) is 3.33. The topological polar surface area (TPSA) is 97.9 Å². The predicted octanol–water partition coefficient (Wildman–Crippen LogP) is 0.680. The average molecular weight is 304 g/mol. The zero-order valence-corrected chi connectivity index (χ0v) is 12.8. The third-order valence-electron chi connectivity index (χ3n) is 3.66. The minimum absolute atomic E-state index is 0.144. The summed E-state index contributed by atoms with van der Waals surface area (Å²) >= 11 is 0. The van der Waals surface area contributed by atoms with Crippen molar-refractivity contribution in [3.05, 3.63) is 23.4 Å². The number of carbonyl (C=O) groups excluding carboxylic acids is 1. The highest BCUT2D eigenvalue weighted by Crippen LogP contribution is 2.13. The summed E-state index contributed by atoms with van der Waals surface area (Å²) in [6.45, 7) is 4.83. The molecule has 3 heterocycles. The van der Waals surface area contributed by atoms with E-state index in [2.05, 4.69) is 25.9 Å². The lowest BCUT2D eigenvalue weighted by Crippen LogP contribution is -2.41. The van der Waals surface area contributed by atoms with Crippen molar-refractivity contribution in [2.45, 2.75) is 45.7 Å². The zero-order valence-electron chi connectivity index (χ0n) is 12.8. The fourth-order valence-corrected chi connectivity index (χ4v) is 2.52. The van der Waals surface area contributed by atoms with Crippen molar-refractivity contribution in [3.63, 3.8) is 0 Å². The first kappa shape index (κ1) is 14.7. The van der Waals surface area contributed by atoms with Gasteiger partial charge in [-0.05, 0) is 13.3 Å². The fourth-order valence-electron chi connectivity index (χ4n) is 2.52. The van der Waals surface area contributed by atoms with Crippen LogP contribution < -0.4 is 10.6 Å². The highest BCUT2D eigenvalue weighted by Gasteiger charge is 2.21. The van der Waals surface area contributed by atoms with Gasteiger partial charge in [-0.15, -0.1) is 0 Å². The minimum Gasteiger partial charge on any atom is -0.338 e. The standard InChI is InChI=1S/C14H20N6O2/c1-3-11-16-12-5-4-10(8-20(12)18-11)15-7-13(21)17-14-6-9(2)19-22-14/h6,10,15H,3-5,7-8H2,1-2H3,(H,17,21)/t10-/m0/s1. The molecule has 1 amide bonds. The van der Waals surface area contributed by atoms with Gasteiger partial charge in [-0.1, -0.05) is 12.1 Å². The molecule has 0 radical (unpaired) electrons. The molecule has 0 aliphatic carbocycles. The highest BCUT2D eigenvalue weighted by molar-refractivity contribution is 5.90. The number of carbonyl (C=O) groups is 1. The number of nitrogens with one attached hydrogen (secondary N) is 2. The first-order valence-electron chi connectivity index (χ1n) is 7.53. The number of rotatable bonds is 5. The summed E-state index contributed by atoms with van der Waals surface area (Å²) in [5, 5.41) is 14.1. The average Bonchev–Trinajstić information content (AvgIpc) is 3.10. The number of aromatic nitrogens is 4. The van der Waals surface area contributed by atoms with Crippen LogP contribution in [0.25, 0.3) is 0 Å². The summed E-state index contributed by atoms with van der Waals surface area (Å²) in [5.74, 6) is 2.15. The molecular formula is C14H20N6O2. The summed E-state index contributed by atoms with van der Waals surface area (Å²) in [6.07, 6.45) is 2.68. The lowest BCUT2D eigenvalue weighted by atomic mass is 10.1. The predicted molar refractivity (Wildman–Crippen MR) is 79.4 cm³/mol. The summed E-state index contributed by atoms with van der Waals surface area (Å²) in [7, 11) is 0. The molecule has 0 unspecified atom stereocenters. The lowest BCUT2D eigenvalue weighted by Gasteiger charge is -2.23.